The van der Waals surface area contributed by atoms with Gasteiger partial charge in [-0.1, -0.05) is 13.8 Å². The fraction of sp³-hybridized carbons (Fsp3) is 0.438. The number of fused-ring (bicyclic) bond motifs is 1. The van der Waals surface area contributed by atoms with E-state index in [1.165, 1.54) is 35.3 Å². The molecule has 2 heterocycles. The average Bonchev–Trinajstić information content (AvgIpc) is 3.05. The smallest absolute Gasteiger partial charge is 0.213 e. The maximum Gasteiger partial charge on any atom is 0.213 e. The van der Waals surface area contributed by atoms with Crippen LogP contribution in [-0.2, 0) is 12.8 Å². The lowest BCUT2D eigenvalue weighted by Crippen LogP contribution is -1.88. The normalized spacial score (nSPS) is 12.6. The molecule has 3 rings (SSSR count). The van der Waals surface area contributed by atoms with Crippen LogP contribution in [0, 0.1) is 6.92 Å². The molecule has 0 N–H and O–H groups in total. The van der Waals surface area contributed by atoms with E-state index in [4.69, 9.17) is 4.74 Å². The third-order valence-corrected chi connectivity index (χ3v) is 4.83. The Morgan fingerprint density at radius 1 is 1.26 bits per heavy atom. The number of ether oxygens (including phenoxy) is 1. The molecule has 102 valence electrons. The van der Waals surface area contributed by atoms with Crippen molar-refractivity contribution in [2.75, 3.05) is 7.11 Å². The lowest BCUT2D eigenvalue weighted by Gasteiger charge is -2.03. The van der Waals surface area contributed by atoms with Gasteiger partial charge in [-0.2, -0.15) is 0 Å². The van der Waals surface area contributed by atoms with E-state index in [9.17, 15) is 0 Å². The van der Waals surface area contributed by atoms with Gasteiger partial charge in [0.05, 0.1) is 7.11 Å². The zero-order chi connectivity index (χ0) is 13.8. The van der Waals surface area contributed by atoms with Crippen molar-refractivity contribution in [2.45, 2.75) is 40.0 Å². The minimum Gasteiger partial charge on any atom is -0.481 e. The zero-order valence-electron chi connectivity index (χ0n) is 12.1. The van der Waals surface area contributed by atoms with Gasteiger partial charge in [-0.25, -0.2) is 4.98 Å². The van der Waals surface area contributed by atoms with Crippen molar-refractivity contribution in [3.63, 3.8) is 0 Å². The molecule has 0 saturated carbocycles. The van der Waals surface area contributed by atoms with Crippen LogP contribution in [0.1, 0.15) is 36.3 Å². The third kappa shape index (κ3) is 2.66. The Hall–Kier alpha value is -1.35. The Morgan fingerprint density at radius 2 is 2.05 bits per heavy atom. The number of aromatic nitrogens is 1. The molecule has 19 heavy (non-hydrogen) atoms. The third-order valence-electron chi connectivity index (χ3n) is 3.39. The summed E-state index contributed by atoms with van der Waals surface area (Å²) in [6.07, 6.45) is 5.64. The van der Waals surface area contributed by atoms with Crippen LogP contribution < -0.4 is 4.74 Å². The van der Waals surface area contributed by atoms with Gasteiger partial charge in [-0.3, -0.25) is 0 Å². The van der Waals surface area contributed by atoms with E-state index in [2.05, 4.69) is 18.0 Å². The quantitative estimate of drug-likeness (QED) is 0.796. The van der Waals surface area contributed by atoms with Crippen LogP contribution in [0.4, 0.5) is 0 Å². The Bertz CT molecular complexity index is 560. The van der Waals surface area contributed by atoms with E-state index in [-0.39, 0.29) is 0 Å². The highest BCUT2D eigenvalue weighted by Gasteiger charge is 2.20. The van der Waals surface area contributed by atoms with Crippen molar-refractivity contribution < 1.29 is 4.74 Å². The summed E-state index contributed by atoms with van der Waals surface area (Å²) in [5.41, 5.74) is 4.27. The van der Waals surface area contributed by atoms with Crippen LogP contribution in [0.25, 0.3) is 10.4 Å². The number of thiophene rings is 1. The van der Waals surface area contributed by atoms with E-state index in [1.807, 2.05) is 37.4 Å². The maximum atomic E-state index is 5.19. The van der Waals surface area contributed by atoms with E-state index < -0.39 is 0 Å². The summed E-state index contributed by atoms with van der Waals surface area (Å²) in [6, 6.07) is 4.09. The molecular weight excluding hydrogens is 254 g/mol. The molecule has 0 saturated heterocycles. The van der Waals surface area contributed by atoms with E-state index in [0.717, 1.165) is 0 Å². The molecule has 0 radical (unpaired) electrons. The van der Waals surface area contributed by atoms with Crippen molar-refractivity contribution in [1.82, 2.24) is 4.98 Å². The van der Waals surface area contributed by atoms with Crippen LogP contribution in [0.3, 0.4) is 0 Å². The van der Waals surface area contributed by atoms with Gasteiger partial charge in [0.15, 0.2) is 0 Å². The largest absolute Gasteiger partial charge is 0.481 e. The monoisotopic (exact) mass is 275 g/mol. The predicted molar refractivity (Wildman–Crippen MR) is 82.2 cm³/mol. The van der Waals surface area contributed by atoms with Crippen LogP contribution in [0.5, 0.6) is 5.88 Å². The molecule has 2 aromatic rings. The summed E-state index contributed by atoms with van der Waals surface area (Å²) in [6.45, 7) is 6.24. The highest BCUT2D eigenvalue weighted by Crippen LogP contribution is 2.40. The molecule has 1 aliphatic rings. The molecule has 1 aliphatic carbocycles. The number of aryl methyl sites for hydroxylation is 1. The minimum absolute atomic E-state index is 0.690. The molecule has 0 bridgehead atoms. The van der Waals surface area contributed by atoms with E-state index in [0.29, 0.717) is 5.88 Å². The number of nitrogens with zero attached hydrogens (tertiary/aromatic N) is 1. The molecule has 0 unspecified atom stereocenters. The minimum atomic E-state index is 0.690. The maximum absolute atomic E-state index is 5.19. The number of pyridine rings is 1. The average molecular weight is 275 g/mol. The Labute approximate surface area is 119 Å². The van der Waals surface area contributed by atoms with Crippen LogP contribution >= 0.6 is 11.3 Å². The zero-order valence-corrected chi connectivity index (χ0v) is 12.9. The first-order valence-electron chi connectivity index (χ1n) is 6.91. The van der Waals surface area contributed by atoms with E-state index >= 15 is 0 Å². The van der Waals surface area contributed by atoms with Gasteiger partial charge in [0.25, 0.3) is 0 Å². The second kappa shape index (κ2) is 6.20. The molecule has 0 spiro atoms. The lowest BCUT2D eigenvalue weighted by molar-refractivity contribution is 0.398. The molecule has 0 aliphatic heterocycles. The van der Waals surface area contributed by atoms with Crippen molar-refractivity contribution in [3.05, 3.63) is 34.3 Å². The SMILES string of the molecule is CC.COc1cc(-c2sc3c(c2C)CCC3)ccn1. The van der Waals surface area contributed by atoms with Gasteiger partial charge in [0.1, 0.15) is 0 Å². The highest BCUT2D eigenvalue weighted by atomic mass is 32.1. The first kappa shape index (κ1) is 14.1. The van der Waals surface area contributed by atoms with Gasteiger partial charge in [0.2, 0.25) is 5.88 Å². The van der Waals surface area contributed by atoms with Crippen molar-refractivity contribution in [2.24, 2.45) is 0 Å². The van der Waals surface area contributed by atoms with Gasteiger partial charge in [-0.15, -0.1) is 11.3 Å². The Balaban J connectivity index is 0.000000637. The van der Waals surface area contributed by atoms with Crippen LogP contribution in [-0.4, -0.2) is 12.1 Å². The van der Waals surface area contributed by atoms with E-state index in [1.54, 1.807) is 17.6 Å². The Kier molecular flexibility index (Phi) is 4.59. The first-order valence-corrected chi connectivity index (χ1v) is 7.73. The summed E-state index contributed by atoms with van der Waals surface area (Å²) in [5, 5.41) is 0. The van der Waals surface area contributed by atoms with Gasteiger partial charge in [-0.05, 0) is 48.9 Å². The molecule has 3 heteroatoms. The molecule has 2 nitrogen and oxygen atoms in total. The predicted octanol–water partition coefficient (Wildman–Crippen LogP) is 4.64. The first-order chi connectivity index (χ1) is 9.29. The standard InChI is InChI=1S/C14H15NOS.C2H6/c1-9-11-4-3-5-12(11)17-14(9)10-6-7-15-13(8-10)16-2;1-2/h6-8H,3-5H2,1-2H3;1-2H3. The summed E-state index contributed by atoms with van der Waals surface area (Å²) >= 11 is 1.94. The molecular formula is C16H21NOS. The van der Waals surface area contributed by atoms with Crippen LogP contribution in [0.15, 0.2) is 18.3 Å². The second-order valence-electron chi connectivity index (χ2n) is 4.40. The fourth-order valence-electron chi connectivity index (χ4n) is 2.50. The summed E-state index contributed by atoms with van der Waals surface area (Å²) < 4.78 is 5.19. The highest BCUT2D eigenvalue weighted by molar-refractivity contribution is 7.16. The second-order valence-corrected chi connectivity index (χ2v) is 5.50. The summed E-state index contributed by atoms with van der Waals surface area (Å²) in [4.78, 5) is 7.12. The molecule has 0 aromatic carbocycles. The van der Waals surface area contributed by atoms with Crippen LogP contribution in [0.2, 0.25) is 0 Å². The number of hydrogen-bond donors (Lipinski definition) is 0. The lowest BCUT2D eigenvalue weighted by atomic mass is 10.1. The summed E-state index contributed by atoms with van der Waals surface area (Å²) in [5.74, 6) is 0.690. The van der Waals surface area contributed by atoms with Crippen molar-refractivity contribution >= 4 is 11.3 Å². The Morgan fingerprint density at radius 3 is 2.74 bits per heavy atom. The van der Waals surface area contributed by atoms with Gasteiger partial charge in [0, 0.05) is 22.0 Å². The molecule has 0 fully saturated rings. The number of rotatable bonds is 2. The topological polar surface area (TPSA) is 22.1 Å². The fourth-order valence-corrected chi connectivity index (χ4v) is 3.89. The molecule has 0 atom stereocenters. The molecule has 0 amide bonds. The number of methoxy groups -OCH3 is 1. The van der Waals surface area contributed by atoms with Gasteiger partial charge >= 0.3 is 0 Å². The van der Waals surface area contributed by atoms with Crippen molar-refractivity contribution in [1.29, 1.82) is 0 Å². The summed E-state index contributed by atoms with van der Waals surface area (Å²) in [7, 11) is 1.66. The number of hydrogen-bond acceptors (Lipinski definition) is 3. The van der Waals surface area contributed by atoms with Gasteiger partial charge < -0.3 is 4.74 Å². The van der Waals surface area contributed by atoms with Crippen molar-refractivity contribution in [3.8, 4) is 16.3 Å². The molecule has 2 aromatic heterocycles.